The van der Waals surface area contributed by atoms with Crippen LogP contribution in [0.4, 0.5) is 0 Å². The minimum atomic E-state index is 0.126. The van der Waals surface area contributed by atoms with Crippen molar-refractivity contribution in [1.29, 1.82) is 0 Å². The van der Waals surface area contributed by atoms with Gasteiger partial charge in [-0.05, 0) is 41.5 Å². The maximum absolute atomic E-state index is 4.58. The Bertz CT molecular complexity index is 733. The van der Waals surface area contributed by atoms with E-state index in [1.54, 1.807) is 6.20 Å². The maximum Gasteiger partial charge on any atom is 0.0808 e. The molecule has 2 aromatic carbocycles. The lowest BCUT2D eigenvalue weighted by Crippen LogP contribution is -1.92. The van der Waals surface area contributed by atoms with Crippen LogP contribution < -0.4 is 0 Å². The Morgan fingerprint density at radius 1 is 0.950 bits per heavy atom. The van der Waals surface area contributed by atoms with Crippen molar-refractivity contribution in [2.24, 2.45) is 4.99 Å². The Hall–Kier alpha value is -2.48. The van der Waals surface area contributed by atoms with E-state index in [9.17, 15) is 0 Å². The van der Waals surface area contributed by atoms with E-state index in [4.69, 9.17) is 0 Å². The van der Waals surface area contributed by atoms with E-state index in [2.05, 4.69) is 59.4 Å². The highest BCUT2D eigenvalue weighted by atomic mass is 14.8. The standard InChI is InChI=1S/C18H16N2/c1-14(20-13-18-8-4-5-11-19-18)16-10-9-15-6-2-3-7-17(15)12-16/h2-14H,1H3. The summed E-state index contributed by atoms with van der Waals surface area (Å²) in [5.41, 5.74) is 2.11. The summed E-state index contributed by atoms with van der Waals surface area (Å²) < 4.78 is 0. The highest BCUT2D eigenvalue weighted by Crippen LogP contribution is 2.22. The minimum Gasteiger partial charge on any atom is -0.283 e. The molecule has 0 spiro atoms. The van der Waals surface area contributed by atoms with E-state index >= 15 is 0 Å². The van der Waals surface area contributed by atoms with Gasteiger partial charge in [0.05, 0.1) is 11.7 Å². The summed E-state index contributed by atoms with van der Waals surface area (Å²) >= 11 is 0. The number of hydrogen-bond acceptors (Lipinski definition) is 2. The molecule has 0 N–H and O–H groups in total. The first kappa shape index (κ1) is 12.5. The van der Waals surface area contributed by atoms with Gasteiger partial charge in [-0.3, -0.25) is 9.98 Å². The molecule has 3 aromatic rings. The zero-order valence-corrected chi connectivity index (χ0v) is 11.4. The summed E-state index contributed by atoms with van der Waals surface area (Å²) in [6.45, 7) is 2.10. The first-order valence-corrected chi connectivity index (χ1v) is 6.76. The first-order chi connectivity index (χ1) is 9.83. The van der Waals surface area contributed by atoms with Gasteiger partial charge in [0.1, 0.15) is 0 Å². The minimum absolute atomic E-state index is 0.126. The summed E-state index contributed by atoms with van der Waals surface area (Å²) in [6, 6.07) is 20.8. The number of aromatic nitrogens is 1. The molecule has 1 atom stereocenters. The van der Waals surface area contributed by atoms with Crippen molar-refractivity contribution in [3.05, 3.63) is 78.1 Å². The van der Waals surface area contributed by atoms with E-state index in [-0.39, 0.29) is 6.04 Å². The number of rotatable bonds is 3. The molecule has 0 radical (unpaired) electrons. The Kier molecular flexibility index (Phi) is 3.55. The largest absolute Gasteiger partial charge is 0.283 e. The fraction of sp³-hybridized carbons (Fsp3) is 0.111. The average Bonchev–Trinajstić information content (AvgIpc) is 2.53. The smallest absolute Gasteiger partial charge is 0.0808 e. The molecular formula is C18H16N2. The van der Waals surface area contributed by atoms with E-state index < -0.39 is 0 Å². The number of fused-ring (bicyclic) bond motifs is 1. The van der Waals surface area contributed by atoms with Gasteiger partial charge >= 0.3 is 0 Å². The molecule has 0 aliphatic carbocycles. The molecule has 3 rings (SSSR count). The Balaban J connectivity index is 1.85. The third-order valence-electron chi connectivity index (χ3n) is 3.37. The zero-order chi connectivity index (χ0) is 13.8. The molecule has 0 aliphatic heterocycles. The second-order valence-corrected chi connectivity index (χ2v) is 4.82. The van der Waals surface area contributed by atoms with Crippen LogP contribution >= 0.6 is 0 Å². The van der Waals surface area contributed by atoms with Gasteiger partial charge < -0.3 is 0 Å². The lowest BCUT2D eigenvalue weighted by Gasteiger charge is -2.08. The second-order valence-electron chi connectivity index (χ2n) is 4.82. The predicted octanol–water partition coefficient (Wildman–Crippen LogP) is 4.41. The lowest BCUT2D eigenvalue weighted by atomic mass is 10.0. The molecule has 0 fully saturated rings. The molecule has 0 bridgehead atoms. The molecule has 0 amide bonds. The molecule has 2 heteroatoms. The van der Waals surface area contributed by atoms with Crippen LogP contribution in [0, 0.1) is 0 Å². The molecule has 0 saturated heterocycles. The summed E-state index contributed by atoms with van der Waals surface area (Å²) in [4.78, 5) is 8.83. The van der Waals surface area contributed by atoms with Gasteiger partial charge in [-0.2, -0.15) is 0 Å². The van der Waals surface area contributed by atoms with Crippen LogP contribution in [0.2, 0.25) is 0 Å². The Morgan fingerprint density at radius 3 is 2.55 bits per heavy atom. The molecule has 98 valence electrons. The molecule has 0 aliphatic rings. The fourth-order valence-electron chi connectivity index (χ4n) is 2.19. The van der Waals surface area contributed by atoms with E-state index in [1.807, 2.05) is 24.4 Å². The van der Waals surface area contributed by atoms with Crippen LogP contribution in [0.5, 0.6) is 0 Å². The van der Waals surface area contributed by atoms with Gasteiger partial charge in [-0.1, -0.05) is 42.5 Å². The lowest BCUT2D eigenvalue weighted by molar-refractivity contribution is 0.826. The summed E-state index contributed by atoms with van der Waals surface area (Å²) in [5.74, 6) is 0. The number of aliphatic imine (C=N–C) groups is 1. The molecule has 0 saturated carbocycles. The third kappa shape index (κ3) is 2.75. The van der Waals surface area contributed by atoms with Crippen molar-refractivity contribution in [2.75, 3.05) is 0 Å². The summed E-state index contributed by atoms with van der Waals surface area (Å²) in [7, 11) is 0. The fourth-order valence-corrected chi connectivity index (χ4v) is 2.19. The number of hydrogen-bond donors (Lipinski definition) is 0. The van der Waals surface area contributed by atoms with Crippen LogP contribution in [-0.4, -0.2) is 11.2 Å². The molecule has 1 unspecified atom stereocenters. The average molecular weight is 260 g/mol. The van der Waals surface area contributed by atoms with Gasteiger partial charge in [-0.15, -0.1) is 0 Å². The van der Waals surface area contributed by atoms with Gasteiger partial charge in [0.15, 0.2) is 0 Å². The van der Waals surface area contributed by atoms with Crippen molar-refractivity contribution in [3.63, 3.8) is 0 Å². The molecule has 2 nitrogen and oxygen atoms in total. The van der Waals surface area contributed by atoms with Crippen LogP contribution in [0.1, 0.15) is 24.2 Å². The van der Waals surface area contributed by atoms with Gasteiger partial charge in [0, 0.05) is 12.4 Å². The monoisotopic (exact) mass is 260 g/mol. The normalized spacial score (nSPS) is 12.8. The Morgan fingerprint density at radius 2 is 1.75 bits per heavy atom. The van der Waals surface area contributed by atoms with Gasteiger partial charge in [-0.25, -0.2) is 0 Å². The van der Waals surface area contributed by atoms with Crippen LogP contribution in [0.25, 0.3) is 10.8 Å². The van der Waals surface area contributed by atoms with Gasteiger partial charge in [0.25, 0.3) is 0 Å². The molecule has 20 heavy (non-hydrogen) atoms. The van der Waals surface area contributed by atoms with Crippen molar-refractivity contribution in [2.45, 2.75) is 13.0 Å². The predicted molar refractivity (Wildman–Crippen MR) is 84.2 cm³/mol. The highest BCUT2D eigenvalue weighted by Gasteiger charge is 2.03. The Labute approximate surface area is 118 Å². The molecule has 1 heterocycles. The van der Waals surface area contributed by atoms with Crippen molar-refractivity contribution in [3.8, 4) is 0 Å². The SMILES string of the molecule is CC(N=Cc1ccccn1)c1ccc2ccccc2c1. The zero-order valence-electron chi connectivity index (χ0n) is 11.4. The van der Waals surface area contributed by atoms with Crippen molar-refractivity contribution < 1.29 is 0 Å². The number of benzene rings is 2. The number of nitrogens with zero attached hydrogens (tertiary/aromatic N) is 2. The first-order valence-electron chi connectivity index (χ1n) is 6.76. The topological polar surface area (TPSA) is 25.2 Å². The number of pyridine rings is 1. The maximum atomic E-state index is 4.58. The van der Waals surface area contributed by atoms with Crippen LogP contribution in [0.3, 0.4) is 0 Å². The quantitative estimate of drug-likeness (QED) is 0.640. The second kappa shape index (κ2) is 5.66. The molecule has 1 aromatic heterocycles. The summed E-state index contributed by atoms with van der Waals surface area (Å²) in [5, 5.41) is 2.52. The summed E-state index contributed by atoms with van der Waals surface area (Å²) in [6.07, 6.45) is 3.61. The van der Waals surface area contributed by atoms with Crippen molar-refractivity contribution in [1.82, 2.24) is 4.98 Å². The van der Waals surface area contributed by atoms with E-state index in [1.165, 1.54) is 16.3 Å². The van der Waals surface area contributed by atoms with E-state index in [0.717, 1.165) is 5.69 Å². The van der Waals surface area contributed by atoms with E-state index in [0.29, 0.717) is 0 Å². The third-order valence-corrected chi connectivity index (χ3v) is 3.37. The highest BCUT2D eigenvalue weighted by molar-refractivity contribution is 5.83. The van der Waals surface area contributed by atoms with Crippen LogP contribution in [0.15, 0.2) is 71.9 Å². The molecular weight excluding hydrogens is 244 g/mol. The van der Waals surface area contributed by atoms with Crippen LogP contribution in [-0.2, 0) is 0 Å². The van der Waals surface area contributed by atoms with Gasteiger partial charge in [0.2, 0.25) is 0 Å². The van der Waals surface area contributed by atoms with Crippen molar-refractivity contribution >= 4 is 17.0 Å².